The molecule has 0 aliphatic carbocycles. The molecule has 0 bridgehead atoms. The van der Waals surface area contributed by atoms with E-state index >= 15 is 0 Å². The average Bonchev–Trinajstić information content (AvgIpc) is 2.80. The van der Waals surface area contributed by atoms with Crippen molar-refractivity contribution in [1.82, 2.24) is 14.0 Å². The van der Waals surface area contributed by atoms with Crippen LogP contribution in [0, 0.1) is 13.8 Å². The lowest BCUT2D eigenvalue weighted by molar-refractivity contribution is -0.135. The molecule has 128 valence electrons. The summed E-state index contributed by atoms with van der Waals surface area (Å²) >= 11 is 0. The molecular formula is C18H23N3O3. The third-order valence-electron chi connectivity index (χ3n) is 4.58. The van der Waals surface area contributed by atoms with Gasteiger partial charge in [0.2, 0.25) is 5.91 Å². The highest BCUT2D eigenvalue weighted by Crippen LogP contribution is 2.21. The molecule has 2 aromatic rings. The number of aromatic nitrogens is 2. The van der Waals surface area contributed by atoms with Gasteiger partial charge in [-0.3, -0.25) is 13.9 Å². The van der Waals surface area contributed by atoms with Crippen LogP contribution in [0.5, 0.6) is 0 Å². The zero-order valence-corrected chi connectivity index (χ0v) is 14.5. The van der Waals surface area contributed by atoms with Crippen molar-refractivity contribution >= 4 is 22.6 Å². The lowest BCUT2D eigenvalue weighted by Crippen LogP contribution is -2.43. The smallest absolute Gasteiger partial charge is 0.333 e. The van der Waals surface area contributed by atoms with Crippen molar-refractivity contribution < 1.29 is 9.53 Å². The minimum atomic E-state index is -0.218. The molecule has 0 atom stereocenters. The number of amides is 1. The summed E-state index contributed by atoms with van der Waals surface area (Å²) < 4.78 is 8.41. The lowest BCUT2D eigenvalue weighted by atomic mass is 10.1. The minimum Gasteiger partial charge on any atom is -0.378 e. The number of rotatable bonds is 3. The predicted molar refractivity (Wildman–Crippen MR) is 94.1 cm³/mol. The standard InChI is InChI=1S/C18H23N3O3/c1-12(2)21-16-10-14(4)13(3)9-15(16)20(18(21)23)11-17(22)19-5-7-24-8-6-19/h9-10H,1,5-8,11H2,2-4H3. The Labute approximate surface area is 140 Å². The van der Waals surface area contributed by atoms with E-state index in [1.54, 1.807) is 21.0 Å². The summed E-state index contributed by atoms with van der Waals surface area (Å²) in [5, 5.41) is 0. The van der Waals surface area contributed by atoms with Crippen LogP contribution in [0.1, 0.15) is 18.1 Å². The number of imidazole rings is 1. The maximum absolute atomic E-state index is 12.8. The molecule has 6 heteroatoms. The van der Waals surface area contributed by atoms with Gasteiger partial charge in [0.25, 0.3) is 0 Å². The summed E-state index contributed by atoms with van der Waals surface area (Å²) in [5.74, 6) is -0.0561. The van der Waals surface area contributed by atoms with Crippen LogP contribution >= 0.6 is 0 Å². The molecular weight excluding hydrogens is 306 g/mol. The summed E-state index contributed by atoms with van der Waals surface area (Å²) in [6.45, 7) is 12.0. The molecule has 24 heavy (non-hydrogen) atoms. The number of ether oxygens (including phenoxy) is 1. The molecule has 1 saturated heterocycles. The summed E-state index contributed by atoms with van der Waals surface area (Å²) in [4.78, 5) is 27.2. The van der Waals surface area contributed by atoms with E-state index < -0.39 is 0 Å². The maximum Gasteiger partial charge on any atom is 0.333 e. The number of fused-ring (bicyclic) bond motifs is 1. The highest BCUT2D eigenvalue weighted by atomic mass is 16.5. The molecule has 2 heterocycles. The van der Waals surface area contributed by atoms with E-state index in [1.807, 2.05) is 26.0 Å². The number of allylic oxidation sites excluding steroid dienone is 1. The lowest BCUT2D eigenvalue weighted by Gasteiger charge is -2.26. The van der Waals surface area contributed by atoms with Gasteiger partial charge in [0.15, 0.2) is 0 Å². The number of morpholine rings is 1. The Hall–Kier alpha value is -2.34. The Morgan fingerprint density at radius 2 is 1.75 bits per heavy atom. The summed E-state index contributed by atoms with van der Waals surface area (Å²) in [5.41, 5.74) is 4.19. The number of carbonyl (C=O) groups is 1. The van der Waals surface area contributed by atoms with E-state index in [-0.39, 0.29) is 18.1 Å². The molecule has 6 nitrogen and oxygen atoms in total. The fourth-order valence-corrected chi connectivity index (χ4v) is 3.08. The van der Waals surface area contributed by atoms with Gasteiger partial charge in [0, 0.05) is 18.8 Å². The van der Waals surface area contributed by atoms with Crippen molar-refractivity contribution in [3.05, 3.63) is 40.3 Å². The molecule has 0 unspecified atom stereocenters. The zero-order chi connectivity index (χ0) is 17.4. The number of aryl methyl sites for hydroxylation is 2. The normalized spacial score (nSPS) is 15.0. The highest BCUT2D eigenvalue weighted by Gasteiger charge is 2.21. The van der Waals surface area contributed by atoms with Crippen molar-refractivity contribution in [3.8, 4) is 0 Å². The van der Waals surface area contributed by atoms with Gasteiger partial charge in [-0.25, -0.2) is 4.79 Å². The molecule has 1 aromatic carbocycles. The highest BCUT2D eigenvalue weighted by molar-refractivity contribution is 5.84. The first-order chi connectivity index (χ1) is 11.4. The fourth-order valence-electron chi connectivity index (χ4n) is 3.08. The van der Waals surface area contributed by atoms with Gasteiger partial charge in [-0.05, 0) is 44.0 Å². The van der Waals surface area contributed by atoms with Gasteiger partial charge in [0.05, 0.1) is 24.2 Å². The van der Waals surface area contributed by atoms with E-state index in [1.165, 1.54) is 0 Å². The Kier molecular flexibility index (Phi) is 4.32. The van der Waals surface area contributed by atoms with Gasteiger partial charge in [-0.2, -0.15) is 0 Å². The third-order valence-corrected chi connectivity index (χ3v) is 4.58. The molecule has 0 saturated carbocycles. The third kappa shape index (κ3) is 2.78. The second-order valence-electron chi connectivity index (χ2n) is 6.36. The van der Waals surface area contributed by atoms with Crippen molar-refractivity contribution in [1.29, 1.82) is 0 Å². The maximum atomic E-state index is 12.8. The molecule has 1 aliphatic rings. The first-order valence-electron chi connectivity index (χ1n) is 8.14. The second-order valence-corrected chi connectivity index (χ2v) is 6.36. The Balaban J connectivity index is 2.08. The van der Waals surface area contributed by atoms with Crippen LogP contribution < -0.4 is 5.69 Å². The quantitative estimate of drug-likeness (QED) is 0.862. The fraction of sp³-hybridized carbons (Fsp3) is 0.444. The number of hydrogen-bond donors (Lipinski definition) is 0. The summed E-state index contributed by atoms with van der Waals surface area (Å²) in [6, 6.07) is 3.95. The van der Waals surface area contributed by atoms with Crippen molar-refractivity contribution in [2.24, 2.45) is 0 Å². The van der Waals surface area contributed by atoms with Crippen LogP contribution in [0.2, 0.25) is 0 Å². The van der Waals surface area contributed by atoms with Crippen molar-refractivity contribution in [2.75, 3.05) is 26.3 Å². The van der Waals surface area contributed by atoms with Crippen LogP contribution in [-0.2, 0) is 16.1 Å². The van der Waals surface area contributed by atoms with Crippen LogP contribution in [0.3, 0.4) is 0 Å². The van der Waals surface area contributed by atoms with Crippen molar-refractivity contribution in [2.45, 2.75) is 27.3 Å². The largest absolute Gasteiger partial charge is 0.378 e. The van der Waals surface area contributed by atoms with E-state index in [0.717, 1.165) is 22.2 Å². The SMILES string of the molecule is C=C(C)n1c(=O)n(CC(=O)N2CCOCC2)c2cc(C)c(C)cc21. The van der Waals surface area contributed by atoms with E-state index in [9.17, 15) is 9.59 Å². The summed E-state index contributed by atoms with van der Waals surface area (Å²) in [6.07, 6.45) is 0. The molecule has 3 rings (SSSR count). The number of hydrogen-bond acceptors (Lipinski definition) is 3. The second kappa shape index (κ2) is 6.28. The van der Waals surface area contributed by atoms with Gasteiger partial charge in [-0.15, -0.1) is 0 Å². The minimum absolute atomic E-state index is 0.0398. The Morgan fingerprint density at radius 3 is 2.33 bits per heavy atom. The molecule has 1 amide bonds. The number of nitrogens with zero attached hydrogens (tertiary/aromatic N) is 3. The van der Waals surface area contributed by atoms with Crippen molar-refractivity contribution in [3.63, 3.8) is 0 Å². The van der Waals surface area contributed by atoms with Crippen LogP contribution in [0.15, 0.2) is 23.5 Å². The summed E-state index contributed by atoms with van der Waals surface area (Å²) in [7, 11) is 0. The Morgan fingerprint density at radius 1 is 1.17 bits per heavy atom. The predicted octanol–water partition coefficient (Wildman–Crippen LogP) is 1.77. The van der Waals surface area contributed by atoms with Gasteiger partial charge in [-0.1, -0.05) is 6.58 Å². The van der Waals surface area contributed by atoms with Crippen LogP contribution in [0.4, 0.5) is 0 Å². The zero-order valence-electron chi connectivity index (χ0n) is 14.5. The van der Waals surface area contributed by atoms with Gasteiger partial charge < -0.3 is 9.64 Å². The first kappa shape index (κ1) is 16.5. The number of carbonyl (C=O) groups excluding carboxylic acids is 1. The van der Waals surface area contributed by atoms with Gasteiger partial charge >= 0.3 is 5.69 Å². The van der Waals surface area contributed by atoms with Gasteiger partial charge in [0.1, 0.15) is 6.54 Å². The molecule has 0 N–H and O–H groups in total. The molecule has 1 aromatic heterocycles. The van der Waals surface area contributed by atoms with E-state index in [2.05, 4.69) is 6.58 Å². The molecule has 1 fully saturated rings. The molecule has 1 aliphatic heterocycles. The van der Waals surface area contributed by atoms with Crippen LogP contribution in [-0.4, -0.2) is 46.2 Å². The molecule has 0 spiro atoms. The first-order valence-corrected chi connectivity index (χ1v) is 8.14. The number of benzene rings is 1. The monoisotopic (exact) mass is 329 g/mol. The van der Waals surface area contributed by atoms with E-state index in [4.69, 9.17) is 4.74 Å². The van der Waals surface area contributed by atoms with Crippen LogP contribution in [0.25, 0.3) is 16.7 Å². The average molecular weight is 329 g/mol. The Bertz CT molecular complexity index is 870. The van der Waals surface area contributed by atoms with E-state index in [0.29, 0.717) is 32.0 Å². The topological polar surface area (TPSA) is 56.5 Å². The molecule has 0 radical (unpaired) electrons.